The zero-order valence-electron chi connectivity index (χ0n) is 15.2. The number of hydrogen-bond acceptors (Lipinski definition) is 6. The molecule has 0 saturated carbocycles. The molecule has 28 heavy (non-hydrogen) atoms. The van der Waals surface area contributed by atoms with Crippen molar-refractivity contribution in [2.75, 3.05) is 31.5 Å². The minimum Gasteiger partial charge on any atom is -0.336 e. The molecule has 1 fully saturated rings. The van der Waals surface area contributed by atoms with Crippen LogP contribution in [0.15, 0.2) is 54.0 Å². The average molecular weight is 414 g/mol. The summed E-state index contributed by atoms with van der Waals surface area (Å²) in [4.78, 5) is 25.7. The second-order valence-corrected chi connectivity index (χ2v) is 7.89. The molecule has 1 N–H and O–H groups in total. The minimum atomic E-state index is 0.0370. The second-order valence-electron chi connectivity index (χ2n) is 6.56. The molecule has 1 saturated heterocycles. The lowest BCUT2D eigenvalue weighted by molar-refractivity contribution is 0.0627. The van der Waals surface area contributed by atoms with Crippen LogP contribution in [0.2, 0.25) is 5.02 Å². The average Bonchev–Trinajstić information content (AvgIpc) is 3.21. The van der Waals surface area contributed by atoms with Crippen LogP contribution < -0.4 is 5.32 Å². The molecule has 0 radical (unpaired) electrons. The number of benzene rings is 1. The Morgan fingerprint density at radius 2 is 1.96 bits per heavy atom. The zero-order chi connectivity index (χ0) is 19.3. The van der Waals surface area contributed by atoms with Gasteiger partial charge in [-0.25, -0.2) is 9.97 Å². The molecule has 1 aliphatic rings. The molecule has 0 unspecified atom stereocenters. The van der Waals surface area contributed by atoms with Gasteiger partial charge in [0.1, 0.15) is 5.82 Å². The van der Waals surface area contributed by atoms with Crippen molar-refractivity contribution in [2.24, 2.45) is 0 Å². The highest BCUT2D eigenvalue weighted by Gasteiger charge is 2.22. The summed E-state index contributed by atoms with van der Waals surface area (Å²) in [7, 11) is 0. The van der Waals surface area contributed by atoms with Crippen LogP contribution in [0.4, 0.5) is 10.9 Å². The number of pyridine rings is 1. The van der Waals surface area contributed by atoms with E-state index in [1.165, 1.54) is 0 Å². The van der Waals surface area contributed by atoms with Gasteiger partial charge in [-0.3, -0.25) is 9.69 Å². The van der Waals surface area contributed by atoms with E-state index in [1.807, 2.05) is 40.6 Å². The predicted molar refractivity (Wildman–Crippen MR) is 112 cm³/mol. The number of carbonyl (C=O) groups excluding carboxylic acids is 1. The summed E-state index contributed by atoms with van der Waals surface area (Å²) in [6, 6.07) is 13.1. The lowest BCUT2D eigenvalue weighted by Gasteiger charge is -2.34. The van der Waals surface area contributed by atoms with Gasteiger partial charge in [-0.1, -0.05) is 23.7 Å². The number of rotatable bonds is 5. The molecule has 6 nitrogen and oxygen atoms in total. The molecule has 3 aromatic rings. The Kier molecular flexibility index (Phi) is 5.85. The van der Waals surface area contributed by atoms with Crippen LogP contribution in [-0.2, 0) is 6.54 Å². The fourth-order valence-electron chi connectivity index (χ4n) is 3.17. The standard InChI is InChI=1S/C20H20ClN5OS/c21-16-4-1-3-15(13-16)19(27)26-10-8-25(9-11-26)14-17-5-2-6-18(23-17)24-20-22-7-12-28-20/h1-7,12-13H,8-11,14H2,(H,22,23,24). The molecule has 8 heteroatoms. The molecule has 0 spiro atoms. The first-order valence-corrected chi connectivity index (χ1v) is 10.3. The van der Waals surface area contributed by atoms with E-state index >= 15 is 0 Å². The molecule has 0 aliphatic carbocycles. The van der Waals surface area contributed by atoms with Gasteiger partial charge in [0.15, 0.2) is 5.13 Å². The van der Waals surface area contributed by atoms with Gasteiger partial charge in [-0.15, -0.1) is 11.3 Å². The van der Waals surface area contributed by atoms with E-state index in [0.29, 0.717) is 23.7 Å². The Morgan fingerprint density at radius 3 is 2.71 bits per heavy atom. The highest BCUT2D eigenvalue weighted by atomic mass is 35.5. The Morgan fingerprint density at radius 1 is 1.14 bits per heavy atom. The number of halogens is 1. The molecule has 1 amide bonds. The van der Waals surface area contributed by atoms with E-state index in [-0.39, 0.29) is 5.91 Å². The summed E-state index contributed by atoms with van der Waals surface area (Å²) < 4.78 is 0. The van der Waals surface area contributed by atoms with Gasteiger partial charge >= 0.3 is 0 Å². The molecule has 0 bridgehead atoms. The van der Waals surface area contributed by atoms with Gasteiger partial charge in [0, 0.05) is 54.9 Å². The van der Waals surface area contributed by atoms with Gasteiger partial charge in [0.2, 0.25) is 0 Å². The van der Waals surface area contributed by atoms with Crippen LogP contribution in [-0.4, -0.2) is 51.9 Å². The largest absolute Gasteiger partial charge is 0.336 e. The smallest absolute Gasteiger partial charge is 0.253 e. The second kappa shape index (κ2) is 8.68. The van der Waals surface area contributed by atoms with Crippen molar-refractivity contribution in [3.05, 3.63) is 70.3 Å². The number of nitrogens with one attached hydrogen (secondary N) is 1. The van der Waals surface area contributed by atoms with Crippen molar-refractivity contribution in [3.8, 4) is 0 Å². The van der Waals surface area contributed by atoms with E-state index in [2.05, 4.69) is 20.2 Å². The highest BCUT2D eigenvalue weighted by Crippen LogP contribution is 2.18. The lowest BCUT2D eigenvalue weighted by atomic mass is 10.2. The first kappa shape index (κ1) is 18.9. The maximum absolute atomic E-state index is 12.6. The summed E-state index contributed by atoms with van der Waals surface area (Å²) >= 11 is 7.55. The maximum Gasteiger partial charge on any atom is 0.253 e. The molecule has 0 atom stereocenters. The van der Waals surface area contributed by atoms with Gasteiger partial charge < -0.3 is 10.2 Å². The number of thiazole rings is 1. The van der Waals surface area contributed by atoms with Crippen molar-refractivity contribution in [1.82, 2.24) is 19.8 Å². The Hall–Kier alpha value is -2.48. The van der Waals surface area contributed by atoms with Crippen LogP contribution >= 0.6 is 22.9 Å². The Balaban J connectivity index is 1.32. The topological polar surface area (TPSA) is 61.4 Å². The molecule has 144 valence electrons. The number of aromatic nitrogens is 2. The van der Waals surface area contributed by atoms with Gasteiger partial charge in [0.05, 0.1) is 5.69 Å². The minimum absolute atomic E-state index is 0.0370. The van der Waals surface area contributed by atoms with Crippen LogP contribution in [0.25, 0.3) is 0 Å². The van der Waals surface area contributed by atoms with E-state index in [1.54, 1.807) is 29.7 Å². The van der Waals surface area contributed by atoms with Gasteiger partial charge in [-0.2, -0.15) is 0 Å². The van der Waals surface area contributed by atoms with Crippen LogP contribution in [0.3, 0.4) is 0 Å². The molecular weight excluding hydrogens is 394 g/mol. The third kappa shape index (κ3) is 4.67. The summed E-state index contributed by atoms with van der Waals surface area (Å²) in [5, 5.41) is 6.56. The number of hydrogen-bond donors (Lipinski definition) is 1. The quantitative estimate of drug-likeness (QED) is 0.687. The highest BCUT2D eigenvalue weighted by molar-refractivity contribution is 7.13. The summed E-state index contributed by atoms with van der Waals surface area (Å²) in [6.07, 6.45) is 1.76. The van der Waals surface area contributed by atoms with Crippen LogP contribution in [0.5, 0.6) is 0 Å². The third-order valence-corrected chi connectivity index (χ3v) is 5.51. The lowest BCUT2D eigenvalue weighted by Crippen LogP contribution is -2.48. The zero-order valence-corrected chi connectivity index (χ0v) is 16.8. The van der Waals surface area contributed by atoms with Crippen LogP contribution in [0.1, 0.15) is 16.1 Å². The van der Waals surface area contributed by atoms with Crippen molar-refractivity contribution in [2.45, 2.75) is 6.54 Å². The normalized spacial score (nSPS) is 14.8. The first-order chi connectivity index (χ1) is 13.7. The van der Waals surface area contributed by atoms with Crippen molar-refractivity contribution in [1.29, 1.82) is 0 Å². The van der Waals surface area contributed by atoms with E-state index in [4.69, 9.17) is 11.6 Å². The monoisotopic (exact) mass is 413 g/mol. The summed E-state index contributed by atoms with van der Waals surface area (Å²) in [6.45, 7) is 3.79. The Bertz CT molecular complexity index is 941. The van der Waals surface area contributed by atoms with Crippen molar-refractivity contribution < 1.29 is 4.79 Å². The summed E-state index contributed by atoms with van der Waals surface area (Å²) in [5.74, 6) is 0.831. The molecule has 2 aromatic heterocycles. The van der Waals surface area contributed by atoms with E-state index < -0.39 is 0 Å². The number of carbonyl (C=O) groups is 1. The van der Waals surface area contributed by atoms with Gasteiger partial charge in [-0.05, 0) is 30.3 Å². The molecule has 1 aliphatic heterocycles. The van der Waals surface area contributed by atoms with E-state index in [0.717, 1.165) is 36.3 Å². The Labute approximate surface area is 172 Å². The fourth-order valence-corrected chi connectivity index (χ4v) is 3.90. The maximum atomic E-state index is 12.6. The third-order valence-electron chi connectivity index (χ3n) is 4.59. The fraction of sp³-hybridized carbons (Fsp3) is 0.250. The van der Waals surface area contributed by atoms with Crippen molar-refractivity contribution in [3.63, 3.8) is 0 Å². The van der Waals surface area contributed by atoms with Gasteiger partial charge in [0.25, 0.3) is 5.91 Å². The number of piperazine rings is 1. The molecule has 1 aromatic carbocycles. The number of nitrogens with zero attached hydrogens (tertiary/aromatic N) is 4. The number of anilines is 2. The number of amides is 1. The molecule has 4 rings (SSSR count). The predicted octanol–water partition coefficient (Wildman–Crippen LogP) is 3.89. The molecule has 3 heterocycles. The van der Waals surface area contributed by atoms with E-state index in [9.17, 15) is 4.79 Å². The molecular formula is C20H20ClN5OS. The summed E-state index contributed by atoms with van der Waals surface area (Å²) in [5.41, 5.74) is 1.64. The first-order valence-electron chi connectivity index (χ1n) is 9.07. The van der Waals surface area contributed by atoms with Crippen molar-refractivity contribution >= 4 is 39.8 Å². The van der Waals surface area contributed by atoms with Crippen LogP contribution in [0, 0.1) is 0 Å². The SMILES string of the molecule is O=C(c1cccc(Cl)c1)N1CCN(Cc2cccc(Nc3nccs3)n2)CC1.